The van der Waals surface area contributed by atoms with Gasteiger partial charge in [0.05, 0.1) is 9.77 Å². The molecule has 1 heterocycles. The Morgan fingerprint density at radius 1 is 1.24 bits per heavy atom. The third kappa shape index (κ3) is 3.90. The minimum Gasteiger partial charge on any atom is -0.347 e. The molecule has 0 aliphatic heterocycles. The Labute approximate surface area is 127 Å². The molecule has 0 saturated heterocycles. The number of benzene rings is 1. The molecule has 1 aromatic carbocycles. The Morgan fingerprint density at radius 2 is 1.90 bits per heavy atom. The molecule has 0 bridgehead atoms. The standard InChI is InChI=1S/C14H16N2O3S2/c1-2-11-7-8-20-13(11)14(17)16-9-10-3-5-12(6-4-10)21(15,18)19/h3-8H,2,9H2,1H3,(H,16,17)(H2,15,18,19). The van der Waals surface area contributed by atoms with E-state index in [1.165, 1.54) is 23.5 Å². The highest BCUT2D eigenvalue weighted by Crippen LogP contribution is 2.17. The first-order valence-electron chi connectivity index (χ1n) is 6.38. The molecular weight excluding hydrogens is 308 g/mol. The summed E-state index contributed by atoms with van der Waals surface area (Å²) in [6.07, 6.45) is 0.815. The van der Waals surface area contributed by atoms with Crippen LogP contribution in [0.4, 0.5) is 0 Å². The minimum absolute atomic E-state index is 0.0594. The van der Waals surface area contributed by atoms with Gasteiger partial charge in [-0.05, 0) is 41.1 Å². The fourth-order valence-electron chi connectivity index (χ4n) is 1.87. The first kappa shape index (κ1) is 15.7. The van der Waals surface area contributed by atoms with Crippen LogP contribution in [0.15, 0.2) is 40.6 Å². The molecule has 7 heteroatoms. The number of hydrogen-bond donors (Lipinski definition) is 2. The summed E-state index contributed by atoms with van der Waals surface area (Å²) in [5.41, 5.74) is 1.84. The van der Waals surface area contributed by atoms with Crippen molar-refractivity contribution in [1.29, 1.82) is 0 Å². The molecule has 0 unspecified atom stereocenters. The lowest BCUT2D eigenvalue weighted by molar-refractivity contribution is 0.0954. The lowest BCUT2D eigenvalue weighted by Gasteiger charge is -2.06. The van der Waals surface area contributed by atoms with Gasteiger partial charge in [-0.15, -0.1) is 11.3 Å². The molecule has 0 aliphatic carbocycles. The van der Waals surface area contributed by atoms with E-state index in [4.69, 9.17) is 5.14 Å². The van der Waals surface area contributed by atoms with E-state index in [1.54, 1.807) is 12.1 Å². The van der Waals surface area contributed by atoms with Crippen LogP contribution in [0.5, 0.6) is 0 Å². The van der Waals surface area contributed by atoms with Gasteiger partial charge in [0.15, 0.2) is 0 Å². The van der Waals surface area contributed by atoms with Crippen molar-refractivity contribution in [2.75, 3.05) is 0 Å². The van der Waals surface area contributed by atoms with Gasteiger partial charge in [-0.3, -0.25) is 4.79 Å². The summed E-state index contributed by atoms with van der Waals surface area (Å²) in [5.74, 6) is -0.114. The maximum Gasteiger partial charge on any atom is 0.261 e. The van der Waals surface area contributed by atoms with E-state index in [9.17, 15) is 13.2 Å². The van der Waals surface area contributed by atoms with Crippen LogP contribution in [0.2, 0.25) is 0 Å². The molecule has 0 fully saturated rings. The van der Waals surface area contributed by atoms with E-state index < -0.39 is 10.0 Å². The van der Waals surface area contributed by atoms with E-state index in [2.05, 4.69) is 5.32 Å². The Kier molecular flexibility index (Phi) is 4.76. The second kappa shape index (κ2) is 6.38. The molecule has 0 atom stereocenters. The molecule has 2 aromatic rings. The maximum atomic E-state index is 12.1. The molecule has 0 radical (unpaired) electrons. The Bertz CT molecular complexity index is 734. The largest absolute Gasteiger partial charge is 0.347 e. The van der Waals surface area contributed by atoms with Gasteiger partial charge in [-0.1, -0.05) is 19.1 Å². The quantitative estimate of drug-likeness (QED) is 0.880. The highest BCUT2D eigenvalue weighted by molar-refractivity contribution is 7.89. The van der Waals surface area contributed by atoms with Crippen LogP contribution in [0.1, 0.15) is 27.7 Å². The molecule has 0 spiro atoms. The summed E-state index contributed by atoms with van der Waals surface area (Å²) in [6, 6.07) is 8.07. The molecule has 0 saturated carbocycles. The second-order valence-corrected chi connectivity index (χ2v) is 6.98. The number of hydrogen-bond acceptors (Lipinski definition) is 4. The normalized spacial score (nSPS) is 11.3. The predicted octanol–water partition coefficient (Wildman–Crippen LogP) is 1.89. The van der Waals surface area contributed by atoms with Crippen LogP contribution in [-0.2, 0) is 23.0 Å². The van der Waals surface area contributed by atoms with Crippen molar-refractivity contribution in [3.63, 3.8) is 0 Å². The Morgan fingerprint density at radius 3 is 2.48 bits per heavy atom. The number of thiophene rings is 1. The van der Waals surface area contributed by atoms with Gasteiger partial charge in [0.25, 0.3) is 5.91 Å². The summed E-state index contributed by atoms with van der Waals surface area (Å²) < 4.78 is 22.3. The lowest BCUT2D eigenvalue weighted by atomic mass is 10.2. The molecule has 21 heavy (non-hydrogen) atoms. The molecule has 3 N–H and O–H groups in total. The molecule has 2 rings (SSSR count). The highest BCUT2D eigenvalue weighted by Gasteiger charge is 2.12. The smallest absolute Gasteiger partial charge is 0.261 e. The first-order chi connectivity index (χ1) is 9.91. The SMILES string of the molecule is CCc1ccsc1C(=O)NCc1ccc(S(N)(=O)=O)cc1. The van der Waals surface area contributed by atoms with Crippen molar-refractivity contribution in [3.8, 4) is 0 Å². The number of sulfonamides is 1. The van der Waals surface area contributed by atoms with E-state index >= 15 is 0 Å². The summed E-state index contributed by atoms with van der Waals surface area (Å²) in [4.78, 5) is 12.8. The average molecular weight is 324 g/mol. The monoisotopic (exact) mass is 324 g/mol. The summed E-state index contributed by atoms with van der Waals surface area (Å²) in [5, 5.41) is 9.75. The number of primary sulfonamides is 1. The van der Waals surface area contributed by atoms with Gasteiger partial charge in [0.1, 0.15) is 0 Å². The van der Waals surface area contributed by atoms with Crippen LogP contribution >= 0.6 is 11.3 Å². The van der Waals surface area contributed by atoms with E-state index in [-0.39, 0.29) is 10.8 Å². The lowest BCUT2D eigenvalue weighted by Crippen LogP contribution is -2.22. The number of carbonyl (C=O) groups excluding carboxylic acids is 1. The molecule has 112 valence electrons. The van der Waals surface area contributed by atoms with Gasteiger partial charge in [-0.2, -0.15) is 0 Å². The zero-order chi connectivity index (χ0) is 15.5. The van der Waals surface area contributed by atoms with E-state index in [0.717, 1.165) is 22.4 Å². The van der Waals surface area contributed by atoms with E-state index in [1.807, 2.05) is 18.4 Å². The third-order valence-corrected chi connectivity index (χ3v) is 4.92. The van der Waals surface area contributed by atoms with Crippen molar-refractivity contribution >= 4 is 27.3 Å². The molecule has 1 amide bonds. The van der Waals surface area contributed by atoms with Crippen LogP contribution < -0.4 is 10.5 Å². The number of nitrogens with one attached hydrogen (secondary N) is 1. The average Bonchev–Trinajstić information content (AvgIpc) is 2.92. The zero-order valence-electron chi connectivity index (χ0n) is 11.5. The highest BCUT2D eigenvalue weighted by atomic mass is 32.2. The number of nitrogens with two attached hydrogens (primary N) is 1. The van der Waals surface area contributed by atoms with Crippen molar-refractivity contribution in [3.05, 3.63) is 51.7 Å². The van der Waals surface area contributed by atoms with Gasteiger partial charge >= 0.3 is 0 Å². The van der Waals surface area contributed by atoms with Gasteiger partial charge < -0.3 is 5.32 Å². The predicted molar refractivity (Wildman–Crippen MR) is 82.7 cm³/mol. The van der Waals surface area contributed by atoms with Gasteiger partial charge in [0.2, 0.25) is 10.0 Å². The Hall–Kier alpha value is -1.70. The van der Waals surface area contributed by atoms with E-state index in [0.29, 0.717) is 6.54 Å². The maximum absolute atomic E-state index is 12.1. The van der Waals surface area contributed by atoms with Crippen LogP contribution in [0.3, 0.4) is 0 Å². The first-order valence-corrected chi connectivity index (χ1v) is 8.80. The van der Waals surface area contributed by atoms with Crippen molar-refractivity contribution < 1.29 is 13.2 Å². The topological polar surface area (TPSA) is 89.3 Å². The number of rotatable bonds is 5. The fourth-order valence-corrected chi connectivity index (χ4v) is 3.30. The van der Waals surface area contributed by atoms with Gasteiger partial charge in [-0.25, -0.2) is 13.6 Å². The van der Waals surface area contributed by atoms with Crippen molar-refractivity contribution in [1.82, 2.24) is 5.32 Å². The van der Waals surface area contributed by atoms with Gasteiger partial charge in [0, 0.05) is 6.54 Å². The molecule has 0 aliphatic rings. The molecular formula is C14H16N2O3S2. The van der Waals surface area contributed by atoms with Crippen LogP contribution in [0.25, 0.3) is 0 Å². The molecule has 1 aromatic heterocycles. The second-order valence-electron chi connectivity index (χ2n) is 4.50. The fraction of sp³-hybridized carbons (Fsp3) is 0.214. The number of amides is 1. The van der Waals surface area contributed by atoms with Crippen molar-refractivity contribution in [2.24, 2.45) is 5.14 Å². The summed E-state index contributed by atoms with van der Waals surface area (Å²) in [6.45, 7) is 2.34. The van der Waals surface area contributed by atoms with Crippen LogP contribution in [0, 0.1) is 0 Å². The summed E-state index contributed by atoms with van der Waals surface area (Å²) in [7, 11) is -3.68. The molecule has 5 nitrogen and oxygen atoms in total. The van der Waals surface area contributed by atoms with Crippen LogP contribution in [-0.4, -0.2) is 14.3 Å². The minimum atomic E-state index is -3.68. The zero-order valence-corrected chi connectivity index (χ0v) is 13.1. The Balaban J connectivity index is 2.02. The number of carbonyl (C=O) groups is 1. The number of aryl methyl sites for hydroxylation is 1. The summed E-state index contributed by atoms with van der Waals surface area (Å²) >= 11 is 1.42. The van der Waals surface area contributed by atoms with Crippen molar-refractivity contribution in [2.45, 2.75) is 24.8 Å². The third-order valence-electron chi connectivity index (χ3n) is 3.04.